The number of rotatable bonds is 3. The third kappa shape index (κ3) is 3.06. The van der Waals surface area contributed by atoms with Crippen molar-refractivity contribution in [3.63, 3.8) is 0 Å². The molecular weight excluding hydrogens is 190 g/mol. The highest BCUT2D eigenvalue weighted by atomic mass is 16.5. The average Bonchev–Trinajstić information content (AvgIpc) is 2.14. The van der Waals surface area contributed by atoms with Gasteiger partial charge in [-0.05, 0) is 43.5 Å². The van der Waals surface area contributed by atoms with E-state index >= 15 is 0 Å². The first-order chi connectivity index (χ1) is 7.04. The average molecular weight is 207 g/mol. The van der Waals surface area contributed by atoms with Crippen LogP contribution in [0.4, 0.5) is 0 Å². The van der Waals surface area contributed by atoms with Crippen LogP contribution in [0.5, 0.6) is 5.75 Å². The van der Waals surface area contributed by atoms with Gasteiger partial charge in [-0.1, -0.05) is 6.07 Å². The molecule has 2 N–H and O–H groups in total. The first-order valence-electron chi connectivity index (χ1n) is 5.03. The minimum absolute atomic E-state index is 0.256. The van der Waals surface area contributed by atoms with E-state index in [1.807, 2.05) is 32.9 Å². The number of benzene rings is 1. The molecule has 1 rings (SSSR count). The maximum atomic E-state index is 11.3. The number of esters is 1. The second-order valence-corrected chi connectivity index (χ2v) is 3.71. The van der Waals surface area contributed by atoms with Gasteiger partial charge in [0, 0.05) is 6.54 Å². The maximum absolute atomic E-state index is 11.3. The van der Waals surface area contributed by atoms with Crippen LogP contribution in [0.1, 0.15) is 23.1 Å². The maximum Gasteiger partial charge on any atom is 0.312 e. The van der Waals surface area contributed by atoms with E-state index in [0.29, 0.717) is 12.3 Å². The quantitative estimate of drug-likeness (QED) is 0.608. The Hall–Kier alpha value is -1.35. The van der Waals surface area contributed by atoms with Crippen LogP contribution in [0.2, 0.25) is 0 Å². The molecule has 0 saturated heterocycles. The summed E-state index contributed by atoms with van der Waals surface area (Å²) in [6.07, 6.45) is 0.256. The van der Waals surface area contributed by atoms with Gasteiger partial charge < -0.3 is 10.5 Å². The van der Waals surface area contributed by atoms with Gasteiger partial charge >= 0.3 is 5.97 Å². The Morgan fingerprint density at radius 1 is 1.20 bits per heavy atom. The molecule has 0 fully saturated rings. The van der Waals surface area contributed by atoms with Gasteiger partial charge in [-0.3, -0.25) is 4.79 Å². The molecule has 3 nitrogen and oxygen atoms in total. The summed E-state index contributed by atoms with van der Waals surface area (Å²) in [6, 6.07) is 3.90. The molecule has 0 spiro atoms. The second kappa shape index (κ2) is 4.94. The normalized spacial score (nSPS) is 10.1. The minimum atomic E-state index is -0.274. The van der Waals surface area contributed by atoms with Gasteiger partial charge in [0.25, 0.3) is 0 Å². The van der Waals surface area contributed by atoms with Crippen molar-refractivity contribution in [2.75, 3.05) is 6.54 Å². The fourth-order valence-corrected chi connectivity index (χ4v) is 1.34. The third-order valence-corrected chi connectivity index (χ3v) is 2.36. The largest absolute Gasteiger partial charge is 0.426 e. The van der Waals surface area contributed by atoms with Crippen molar-refractivity contribution in [2.45, 2.75) is 27.2 Å². The highest BCUT2D eigenvalue weighted by molar-refractivity contribution is 5.73. The molecule has 0 saturated carbocycles. The Labute approximate surface area is 90.2 Å². The van der Waals surface area contributed by atoms with Crippen molar-refractivity contribution in [3.05, 3.63) is 28.8 Å². The van der Waals surface area contributed by atoms with Gasteiger partial charge in [-0.25, -0.2) is 0 Å². The van der Waals surface area contributed by atoms with E-state index in [2.05, 4.69) is 0 Å². The molecule has 1 aromatic carbocycles. The Morgan fingerprint density at radius 3 is 2.40 bits per heavy atom. The minimum Gasteiger partial charge on any atom is -0.426 e. The van der Waals surface area contributed by atoms with E-state index in [9.17, 15) is 4.79 Å². The molecular formula is C12H17NO2. The third-order valence-electron chi connectivity index (χ3n) is 2.36. The summed E-state index contributed by atoms with van der Waals surface area (Å²) in [5, 5.41) is 0. The van der Waals surface area contributed by atoms with Crippen LogP contribution in [0.15, 0.2) is 12.1 Å². The smallest absolute Gasteiger partial charge is 0.312 e. The van der Waals surface area contributed by atoms with E-state index in [-0.39, 0.29) is 12.4 Å². The van der Waals surface area contributed by atoms with Crippen LogP contribution < -0.4 is 10.5 Å². The van der Waals surface area contributed by atoms with E-state index in [1.165, 1.54) is 5.56 Å². The van der Waals surface area contributed by atoms with Gasteiger partial charge in [0.05, 0.1) is 6.42 Å². The molecule has 0 bridgehead atoms. The molecule has 15 heavy (non-hydrogen) atoms. The fraction of sp³-hybridized carbons (Fsp3) is 0.417. The summed E-state index contributed by atoms with van der Waals surface area (Å²) < 4.78 is 5.20. The van der Waals surface area contributed by atoms with Crippen LogP contribution in [-0.4, -0.2) is 12.5 Å². The van der Waals surface area contributed by atoms with E-state index in [1.54, 1.807) is 0 Å². The van der Waals surface area contributed by atoms with Gasteiger partial charge in [0.15, 0.2) is 0 Å². The first-order valence-corrected chi connectivity index (χ1v) is 5.03. The summed E-state index contributed by atoms with van der Waals surface area (Å²) in [5.41, 5.74) is 8.57. The van der Waals surface area contributed by atoms with E-state index < -0.39 is 0 Å². The molecule has 3 heteroatoms. The topological polar surface area (TPSA) is 52.3 Å². The lowest BCUT2D eigenvalue weighted by atomic mass is 10.1. The zero-order valence-electron chi connectivity index (χ0n) is 9.46. The molecule has 0 radical (unpaired) electrons. The Balaban J connectivity index is 2.86. The second-order valence-electron chi connectivity index (χ2n) is 3.71. The van der Waals surface area contributed by atoms with Gasteiger partial charge in [0.2, 0.25) is 0 Å². The van der Waals surface area contributed by atoms with Crippen LogP contribution in [0.3, 0.4) is 0 Å². The first kappa shape index (κ1) is 11.7. The molecule has 0 amide bonds. The number of carbonyl (C=O) groups is 1. The Kier molecular flexibility index (Phi) is 3.86. The lowest BCUT2D eigenvalue weighted by Gasteiger charge is -2.09. The monoisotopic (exact) mass is 207 g/mol. The lowest BCUT2D eigenvalue weighted by molar-refractivity contribution is -0.134. The van der Waals surface area contributed by atoms with E-state index in [4.69, 9.17) is 10.5 Å². The van der Waals surface area contributed by atoms with Crippen LogP contribution >= 0.6 is 0 Å². The molecule has 0 atom stereocenters. The van der Waals surface area contributed by atoms with E-state index in [0.717, 1.165) is 11.1 Å². The standard InChI is InChI=1S/C12H17NO2/c1-8-6-10(3)11(7-9(8)2)15-12(14)4-5-13/h6-7H,4-5,13H2,1-3H3. The lowest BCUT2D eigenvalue weighted by Crippen LogP contribution is -2.14. The Bertz CT molecular complexity index is 372. The molecule has 0 aliphatic heterocycles. The number of nitrogens with two attached hydrogens (primary N) is 1. The predicted octanol–water partition coefficient (Wildman–Crippen LogP) is 1.87. The summed E-state index contributed by atoms with van der Waals surface area (Å²) in [6.45, 7) is 6.28. The molecule has 0 unspecified atom stereocenters. The number of carbonyl (C=O) groups excluding carboxylic acids is 1. The summed E-state index contributed by atoms with van der Waals surface area (Å²) in [5.74, 6) is 0.361. The SMILES string of the molecule is Cc1cc(C)c(OC(=O)CCN)cc1C. The highest BCUT2D eigenvalue weighted by Crippen LogP contribution is 2.22. The van der Waals surface area contributed by atoms with Crippen molar-refractivity contribution < 1.29 is 9.53 Å². The van der Waals surface area contributed by atoms with Crippen molar-refractivity contribution in [1.29, 1.82) is 0 Å². The Morgan fingerprint density at radius 2 is 1.80 bits per heavy atom. The predicted molar refractivity (Wildman–Crippen MR) is 60.0 cm³/mol. The van der Waals surface area contributed by atoms with Crippen molar-refractivity contribution in [3.8, 4) is 5.75 Å². The van der Waals surface area contributed by atoms with Crippen molar-refractivity contribution >= 4 is 5.97 Å². The highest BCUT2D eigenvalue weighted by Gasteiger charge is 2.07. The zero-order chi connectivity index (χ0) is 11.4. The molecule has 0 aromatic heterocycles. The number of hydrogen-bond acceptors (Lipinski definition) is 3. The van der Waals surface area contributed by atoms with Crippen LogP contribution in [0, 0.1) is 20.8 Å². The molecule has 1 aromatic rings. The molecule has 0 aliphatic rings. The van der Waals surface area contributed by atoms with Crippen LogP contribution in [-0.2, 0) is 4.79 Å². The fourth-order valence-electron chi connectivity index (χ4n) is 1.34. The van der Waals surface area contributed by atoms with Crippen molar-refractivity contribution in [1.82, 2.24) is 0 Å². The molecule has 82 valence electrons. The van der Waals surface area contributed by atoms with Crippen molar-refractivity contribution in [2.24, 2.45) is 5.73 Å². The number of hydrogen-bond donors (Lipinski definition) is 1. The number of aryl methyl sites for hydroxylation is 3. The summed E-state index contributed by atoms with van der Waals surface area (Å²) >= 11 is 0. The van der Waals surface area contributed by atoms with Crippen LogP contribution in [0.25, 0.3) is 0 Å². The van der Waals surface area contributed by atoms with Gasteiger partial charge in [-0.15, -0.1) is 0 Å². The van der Waals surface area contributed by atoms with Gasteiger partial charge in [0.1, 0.15) is 5.75 Å². The van der Waals surface area contributed by atoms with Gasteiger partial charge in [-0.2, -0.15) is 0 Å². The molecule has 0 aliphatic carbocycles. The number of ether oxygens (including phenoxy) is 1. The zero-order valence-corrected chi connectivity index (χ0v) is 9.46. The summed E-state index contributed by atoms with van der Waals surface area (Å²) in [7, 11) is 0. The molecule has 0 heterocycles. The summed E-state index contributed by atoms with van der Waals surface area (Å²) in [4.78, 5) is 11.3.